The molecule has 144 valence electrons. The van der Waals surface area contributed by atoms with Gasteiger partial charge in [-0.05, 0) is 57.2 Å². The lowest BCUT2D eigenvalue weighted by Gasteiger charge is -2.47. The summed E-state index contributed by atoms with van der Waals surface area (Å²) in [5.74, 6) is 0.176. The summed E-state index contributed by atoms with van der Waals surface area (Å²) in [4.78, 5) is 30.0. The molecule has 1 heterocycles. The SMILES string of the molecule is CCCCN(CCCC)CCCN1C(=O)[C@H]2CC[C@@](C)(C1=O)C2(C)C. The average molecular weight is 351 g/mol. The average Bonchev–Trinajstić information content (AvgIpc) is 2.76. The molecule has 0 aromatic carbocycles. The number of amides is 2. The van der Waals surface area contributed by atoms with Crippen LogP contribution >= 0.6 is 0 Å². The van der Waals surface area contributed by atoms with Crippen LogP contribution in [0.2, 0.25) is 0 Å². The Labute approximate surface area is 154 Å². The van der Waals surface area contributed by atoms with E-state index in [9.17, 15) is 9.59 Å². The van der Waals surface area contributed by atoms with Crippen molar-refractivity contribution in [3.63, 3.8) is 0 Å². The predicted octanol–water partition coefficient (Wildman–Crippen LogP) is 4.09. The molecule has 2 amide bonds. The largest absolute Gasteiger partial charge is 0.303 e. The lowest BCUT2D eigenvalue weighted by Crippen LogP contribution is -2.59. The number of hydrogen-bond donors (Lipinski definition) is 0. The second-order valence-corrected chi connectivity index (χ2v) is 8.84. The van der Waals surface area contributed by atoms with Crippen LogP contribution < -0.4 is 0 Å². The molecule has 0 radical (unpaired) electrons. The van der Waals surface area contributed by atoms with Gasteiger partial charge in [0, 0.05) is 12.5 Å². The number of piperidine rings is 1. The third-order valence-electron chi connectivity index (χ3n) is 7.02. The highest BCUT2D eigenvalue weighted by Gasteiger charge is 2.64. The number of carbonyl (C=O) groups is 2. The Balaban J connectivity index is 1.94. The normalized spacial score (nSPS) is 28.2. The minimum atomic E-state index is -0.365. The van der Waals surface area contributed by atoms with Crippen molar-refractivity contribution in [3.8, 4) is 0 Å². The summed E-state index contributed by atoms with van der Waals surface area (Å²) in [5.41, 5.74) is -0.568. The van der Waals surface area contributed by atoms with Gasteiger partial charge in [-0.3, -0.25) is 14.5 Å². The highest BCUT2D eigenvalue weighted by Crippen LogP contribution is 2.59. The summed E-state index contributed by atoms with van der Waals surface area (Å²) in [6, 6.07) is 0. The van der Waals surface area contributed by atoms with E-state index in [1.165, 1.54) is 25.7 Å². The van der Waals surface area contributed by atoms with Gasteiger partial charge in [0.15, 0.2) is 0 Å². The Morgan fingerprint density at radius 2 is 1.56 bits per heavy atom. The van der Waals surface area contributed by atoms with Crippen LogP contribution in [-0.2, 0) is 9.59 Å². The quantitative estimate of drug-likeness (QED) is 0.557. The van der Waals surface area contributed by atoms with Crippen LogP contribution in [-0.4, -0.2) is 47.8 Å². The number of carbonyl (C=O) groups excluding carboxylic acids is 2. The van der Waals surface area contributed by atoms with Crippen molar-refractivity contribution < 1.29 is 9.59 Å². The third-order valence-corrected chi connectivity index (χ3v) is 7.02. The topological polar surface area (TPSA) is 40.6 Å². The maximum Gasteiger partial charge on any atom is 0.235 e. The Kier molecular flexibility index (Phi) is 6.69. The summed E-state index contributed by atoms with van der Waals surface area (Å²) < 4.78 is 0. The number of unbranched alkanes of at least 4 members (excludes halogenated alkanes) is 2. The van der Waals surface area contributed by atoms with Crippen LogP contribution in [0.15, 0.2) is 0 Å². The van der Waals surface area contributed by atoms with E-state index in [2.05, 4.69) is 39.5 Å². The van der Waals surface area contributed by atoms with Crippen LogP contribution in [0.5, 0.6) is 0 Å². The van der Waals surface area contributed by atoms with E-state index in [1.807, 2.05) is 0 Å². The number of rotatable bonds is 10. The molecule has 4 nitrogen and oxygen atoms in total. The first kappa shape index (κ1) is 20.4. The Morgan fingerprint density at radius 3 is 2.12 bits per heavy atom. The monoisotopic (exact) mass is 350 g/mol. The fraction of sp³-hybridized carbons (Fsp3) is 0.905. The molecule has 1 saturated carbocycles. The highest BCUT2D eigenvalue weighted by atomic mass is 16.2. The Bertz CT molecular complexity index is 480. The van der Waals surface area contributed by atoms with E-state index in [0.29, 0.717) is 6.54 Å². The van der Waals surface area contributed by atoms with Crippen LogP contribution in [0.25, 0.3) is 0 Å². The molecule has 4 heteroatoms. The van der Waals surface area contributed by atoms with Crippen molar-refractivity contribution in [1.82, 2.24) is 9.80 Å². The van der Waals surface area contributed by atoms with Gasteiger partial charge < -0.3 is 4.90 Å². The van der Waals surface area contributed by atoms with E-state index >= 15 is 0 Å². The fourth-order valence-corrected chi connectivity index (χ4v) is 4.66. The van der Waals surface area contributed by atoms with Crippen molar-refractivity contribution in [2.75, 3.05) is 26.2 Å². The molecule has 2 atom stereocenters. The van der Waals surface area contributed by atoms with Crippen molar-refractivity contribution in [1.29, 1.82) is 0 Å². The van der Waals surface area contributed by atoms with Crippen molar-refractivity contribution in [2.45, 2.75) is 79.6 Å². The second-order valence-electron chi connectivity index (χ2n) is 8.84. The third kappa shape index (κ3) is 3.79. The molecule has 25 heavy (non-hydrogen) atoms. The summed E-state index contributed by atoms with van der Waals surface area (Å²) >= 11 is 0. The summed E-state index contributed by atoms with van der Waals surface area (Å²) in [6.45, 7) is 14.6. The van der Waals surface area contributed by atoms with Crippen LogP contribution in [0.3, 0.4) is 0 Å². The maximum absolute atomic E-state index is 13.0. The van der Waals surface area contributed by atoms with Gasteiger partial charge in [0.05, 0.1) is 5.41 Å². The van der Waals surface area contributed by atoms with Gasteiger partial charge in [0.25, 0.3) is 0 Å². The van der Waals surface area contributed by atoms with E-state index in [0.717, 1.165) is 38.9 Å². The lowest BCUT2D eigenvalue weighted by atomic mass is 9.62. The first-order chi connectivity index (χ1) is 11.8. The van der Waals surface area contributed by atoms with Crippen molar-refractivity contribution >= 4 is 11.8 Å². The summed E-state index contributed by atoms with van der Waals surface area (Å²) in [5, 5.41) is 0. The van der Waals surface area contributed by atoms with Gasteiger partial charge in [-0.25, -0.2) is 0 Å². The maximum atomic E-state index is 13.0. The highest BCUT2D eigenvalue weighted by molar-refractivity contribution is 6.03. The molecule has 0 aromatic rings. The molecular weight excluding hydrogens is 312 g/mol. The van der Waals surface area contributed by atoms with Gasteiger partial charge in [0.2, 0.25) is 11.8 Å². The van der Waals surface area contributed by atoms with Gasteiger partial charge in [-0.15, -0.1) is 0 Å². The lowest BCUT2D eigenvalue weighted by molar-refractivity contribution is -0.167. The summed E-state index contributed by atoms with van der Waals surface area (Å²) in [7, 11) is 0. The molecule has 0 spiro atoms. The number of likely N-dealkylation sites (tertiary alicyclic amines) is 1. The molecule has 2 bridgehead atoms. The minimum absolute atomic E-state index is 0.0199. The van der Waals surface area contributed by atoms with Crippen LogP contribution in [0.1, 0.15) is 79.6 Å². The van der Waals surface area contributed by atoms with E-state index in [-0.39, 0.29) is 28.6 Å². The minimum Gasteiger partial charge on any atom is -0.303 e. The molecule has 2 fully saturated rings. The zero-order valence-electron chi connectivity index (χ0n) is 17.1. The Morgan fingerprint density at radius 1 is 1.00 bits per heavy atom. The number of hydrogen-bond acceptors (Lipinski definition) is 3. The number of nitrogens with zero attached hydrogens (tertiary/aromatic N) is 2. The number of fused-ring (bicyclic) bond motifs is 2. The smallest absolute Gasteiger partial charge is 0.235 e. The first-order valence-electron chi connectivity index (χ1n) is 10.4. The zero-order valence-corrected chi connectivity index (χ0v) is 17.1. The zero-order chi connectivity index (χ0) is 18.7. The molecular formula is C21H38N2O2. The Hall–Kier alpha value is -0.900. The standard InChI is InChI=1S/C21H38N2O2/c1-6-8-13-22(14-9-7-2)15-10-16-23-18(24)17-11-12-21(5,19(23)25)20(17,3)4/h17H,6-16H2,1-5H3/t17-,21+/m1/s1. The summed E-state index contributed by atoms with van der Waals surface area (Å²) in [6.07, 6.45) is 7.48. The van der Waals surface area contributed by atoms with E-state index in [1.54, 1.807) is 4.90 Å². The second kappa shape index (κ2) is 8.20. The molecule has 0 N–H and O–H groups in total. The molecule has 1 aliphatic carbocycles. The van der Waals surface area contributed by atoms with Crippen LogP contribution in [0, 0.1) is 16.7 Å². The van der Waals surface area contributed by atoms with Crippen molar-refractivity contribution in [2.24, 2.45) is 16.7 Å². The van der Waals surface area contributed by atoms with Gasteiger partial charge in [0.1, 0.15) is 0 Å². The van der Waals surface area contributed by atoms with Crippen molar-refractivity contribution in [3.05, 3.63) is 0 Å². The predicted molar refractivity (Wildman–Crippen MR) is 102 cm³/mol. The molecule has 2 rings (SSSR count). The molecule has 0 aromatic heterocycles. The molecule has 0 unspecified atom stereocenters. The van der Waals surface area contributed by atoms with Gasteiger partial charge in [-0.1, -0.05) is 47.5 Å². The fourth-order valence-electron chi connectivity index (χ4n) is 4.66. The molecule has 1 aliphatic heterocycles. The van der Waals surface area contributed by atoms with Gasteiger partial charge >= 0.3 is 0 Å². The number of imide groups is 1. The van der Waals surface area contributed by atoms with Crippen LogP contribution in [0.4, 0.5) is 0 Å². The first-order valence-corrected chi connectivity index (χ1v) is 10.4. The van der Waals surface area contributed by atoms with E-state index in [4.69, 9.17) is 0 Å². The molecule has 2 aliphatic rings. The van der Waals surface area contributed by atoms with E-state index < -0.39 is 0 Å². The van der Waals surface area contributed by atoms with Gasteiger partial charge in [-0.2, -0.15) is 0 Å². The molecule has 1 saturated heterocycles.